The first-order valence-electron chi connectivity index (χ1n) is 13.7. The number of benzene rings is 2. The van der Waals surface area contributed by atoms with E-state index in [-0.39, 0.29) is 18.0 Å². The molecule has 4 nitrogen and oxygen atoms in total. The van der Waals surface area contributed by atoms with Crippen molar-refractivity contribution in [3.05, 3.63) is 88.1 Å². The van der Waals surface area contributed by atoms with Crippen molar-refractivity contribution in [2.45, 2.75) is 77.2 Å². The molecule has 0 bridgehead atoms. The summed E-state index contributed by atoms with van der Waals surface area (Å²) in [5.41, 5.74) is -0.195. The van der Waals surface area contributed by atoms with Crippen molar-refractivity contribution in [3.63, 3.8) is 0 Å². The highest BCUT2D eigenvalue weighted by Crippen LogP contribution is 2.43. The van der Waals surface area contributed by atoms with Gasteiger partial charge in [0.1, 0.15) is 0 Å². The molecule has 43 heavy (non-hydrogen) atoms. The molecule has 0 radical (unpaired) electrons. The van der Waals surface area contributed by atoms with Crippen LogP contribution in [0.2, 0.25) is 0 Å². The number of aliphatic hydroxyl groups is 1. The van der Waals surface area contributed by atoms with Crippen molar-refractivity contribution in [3.8, 4) is 23.1 Å². The Kier molecular flexibility index (Phi) is 10.0. The summed E-state index contributed by atoms with van der Waals surface area (Å²) in [6, 6.07) is 14.4. The Morgan fingerprint density at radius 1 is 0.860 bits per heavy atom. The quantitative estimate of drug-likeness (QED) is 0.162. The lowest BCUT2D eigenvalue weighted by Gasteiger charge is -2.34. The zero-order valence-corrected chi connectivity index (χ0v) is 24.5. The molecule has 0 aliphatic carbocycles. The summed E-state index contributed by atoms with van der Waals surface area (Å²) in [7, 11) is 0. The minimum absolute atomic E-state index is 0.0548. The molecule has 0 aliphatic heterocycles. The lowest BCUT2D eigenvalue weighted by atomic mass is 9.69. The van der Waals surface area contributed by atoms with Gasteiger partial charge in [0.2, 0.25) is 0 Å². The molecule has 0 fully saturated rings. The van der Waals surface area contributed by atoms with Gasteiger partial charge in [-0.3, -0.25) is 9.78 Å². The van der Waals surface area contributed by atoms with Gasteiger partial charge in [-0.05, 0) is 79.5 Å². The number of ether oxygens (including phenoxy) is 1. The number of carbonyl (C=O) groups excluding carboxylic acids is 1. The van der Waals surface area contributed by atoms with E-state index in [0.29, 0.717) is 25.0 Å². The van der Waals surface area contributed by atoms with Gasteiger partial charge in [0, 0.05) is 22.7 Å². The van der Waals surface area contributed by atoms with Crippen molar-refractivity contribution in [1.29, 1.82) is 0 Å². The second-order valence-corrected chi connectivity index (χ2v) is 10.3. The molecule has 3 aromatic rings. The van der Waals surface area contributed by atoms with E-state index < -0.39 is 23.4 Å². The molecule has 3 rings (SSSR count). The fourth-order valence-corrected chi connectivity index (χ4v) is 5.11. The Labute approximate surface area is 247 Å². The normalized spacial score (nSPS) is 12.5. The van der Waals surface area contributed by atoms with E-state index in [1.807, 2.05) is 57.0 Å². The highest BCUT2D eigenvalue weighted by atomic mass is 19.4. The third-order valence-corrected chi connectivity index (χ3v) is 7.72. The molecular formula is C33H33F6NO3. The van der Waals surface area contributed by atoms with Crippen LogP contribution in [0.1, 0.15) is 67.0 Å². The van der Waals surface area contributed by atoms with Crippen molar-refractivity contribution >= 4 is 5.97 Å². The fraction of sp³-hybridized carbons (Fsp3) is 0.394. The molecule has 10 heteroatoms. The molecular weight excluding hydrogens is 572 g/mol. The number of aromatic nitrogens is 1. The summed E-state index contributed by atoms with van der Waals surface area (Å²) in [5.74, 6) is 2.60. The minimum Gasteiger partial charge on any atom is -0.466 e. The Hall–Kier alpha value is -3.84. The number of hydrogen-bond donors (Lipinski definition) is 1. The van der Waals surface area contributed by atoms with Gasteiger partial charge in [0.15, 0.2) is 0 Å². The van der Waals surface area contributed by atoms with Crippen LogP contribution < -0.4 is 0 Å². The molecule has 0 unspecified atom stereocenters. The summed E-state index contributed by atoms with van der Waals surface area (Å²) in [6.45, 7) is 9.56. The molecule has 0 atom stereocenters. The lowest BCUT2D eigenvalue weighted by Crippen LogP contribution is -2.55. The molecule has 1 N–H and O–H groups in total. The van der Waals surface area contributed by atoms with E-state index in [2.05, 4.69) is 4.98 Å². The number of hydrogen-bond acceptors (Lipinski definition) is 4. The number of esters is 1. The van der Waals surface area contributed by atoms with E-state index in [0.717, 1.165) is 39.4 Å². The first kappa shape index (κ1) is 33.7. The van der Waals surface area contributed by atoms with Crippen molar-refractivity contribution < 1.29 is 41.0 Å². The number of halogens is 6. The Bertz CT molecular complexity index is 1500. The van der Waals surface area contributed by atoms with Crippen molar-refractivity contribution in [1.82, 2.24) is 4.98 Å². The summed E-state index contributed by atoms with van der Waals surface area (Å²) in [5, 5.41) is 9.40. The number of pyridine rings is 1. The number of carbonyl (C=O) groups is 1. The van der Waals surface area contributed by atoms with Gasteiger partial charge in [-0.2, -0.15) is 26.3 Å². The third-order valence-electron chi connectivity index (χ3n) is 7.72. The van der Waals surface area contributed by atoms with Gasteiger partial charge < -0.3 is 9.84 Å². The maximum absolute atomic E-state index is 13.1. The standard InChI is InChI=1S/C33H33F6NO3/c1-6-30(7-2,25-11-10-24(21(4)17-25)15-16-31(42,32(34,35)36)33(37,38)39)26-12-13-27(22(5)18-26)28-14-9-23(20-40-28)19-29(41)43-8-3/h9-14,17-18,20,42H,6-8,19H2,1-5H3. The van der Waals surface area contributed by atoms with Crippen LogP contribution in [0.25, 0.3) is 11.3 Å². The Morgan fingerprint density at radius 2 is 1.44 bits per heavy atom. The number of rotatable bonds is 8. The molecule has 0 spiro atoms. The van der Waals surface area contributed by atoms with Gasteiger partial charge in [-0.1, -0.05) is 56.2 Å². The Balaban J connectivity index is 1.97. The largest absolute Gasteiger partial charge is 0.466 e. The molecule has 0 saturated heterocycles. The molecule has 1 aromatic heterocycles. The lowest BCUT2D eigenvalue weighted by molar-refractivity contribution is -0.343. The van der Waals surface area contributed by atoms with Crippen LogP contribution in [0.5, 0.6) is 0 Å². The summed E-state index contributed by atoms with van der Waals surface area (Å²) < 4.78 is 83.4. The fourth-order valence-electron chi connectivity index (χ4n) is 5.11. The van der Waals surface area contributed by atoms with Gasteiger partial charge in [0.05, 0.1) is 18.7 Å². The molecule has 0 saturated carbocycles. The van der Waals surface area contributed by atoms with Gasteiger partial charge in [-0.25, -0.2) is 0 Å². The van der Waals surface area contributed by atoms with Gasteiger partial charge in [-0.15, -0.1) is 0 Å². The third kappa shape index (κ3) is 6.88. The van der Waals surface area contributed by atoms with Crippen LogP contribution in [0.4, 0.5) is 26.3 Å². The smallest absolute Gasteiger partial charge is 0.438 e. The average molecular weight is 606 g/mol. The minimum atomic E-state index is -6.02. The number of nitrogens with zero attached hydrogens (tertiary/aromatic N) is 1. The highest BCUT2D eigenvalue weighted by Gasteiger charge is 2.70. The van der Waals surface area contributed by atoms with Crippen molar-refractivity contribution in [2.75, 3.05) is 6.61 Å². The first-order chi connectivity index (χ1) is 20.0. The topological polar surface area (TPSA) is 59.4 Å². The van der Waals surface area contributed by atoms with Crippen LogP contribution in [-0.2, 0) is 21.4 Å². The SMILES string of the molecule is CCOC(=O)Cc1ccc(-c2ccc(C(CC)(CC)c3ccc(C#CC(O)(C(F)(F)F)C(F)(F)F)c(C)c3)cc2C)nc1. The second-order valence-electron chi connectivity index (χ2n) is 10.3. The van der Waals surface area contributed by atoms with Crippen LogP contribution in [0.3, 0.4) is 0 Å². The molecule has 0 amide bonds. The molecule has 230 valence electrons. The van der Waals surface area contributed by atoms with Crippen LogP contribution >= 0.6 is 0 Å². The van der Waals surface area contributed by atoms with Gasteiger partial charge >= 0.3 is 23.9 Å². The highest BCUT2D eigenvalue weighted by molar-refractivity contribution is 5.73. The maximum Gasteiger partial charge on any atom is 0.438 e. The molecule has 1 heterocycles. The van der Waals surface area contributed by atoms with Crippen LogP contribution in [-0.4, -0.2) is 40.6 Å². The summed E-state index contributed by atoms with van der Waals surface area (Å²) in [6.07, 6.45) is -8.94. The number of alkyl halides is 6. The molecule has 0 aliphatic rings. The summed E-state index contributed by atoms with van der Waals surface area (Å²) in [4.78, 5) is 16.3. The first-order valence-corrected chi connectivity index (χ1v) is 13.7. The maximum atomic E-state index is 13.1. The van der Waals surface area contributed by atoms with Gasteiger partial charge in [0.25, 0.3) is 0 Å². The average Bonchev–Trinajstić information content (AvgIpc) is 2.93. The van der Waals surface area contributed by atoms with Crippen LogP contribution in [0.15, 0.2) is 54.7 Å². The van der Waals surface area contributed by atoms with E-state index in [1.165, 1.54) is 6.07 Å². The van der Waals surface area contributed by atoms with Crippen LogP contribution in [0, 0.1) is 25.7 Å². The van der Waals surface area contributed by atoms with E-state index in [4.69, 9.17) is 4.74 Å². The Morgan fingerprint density at radius 3 is 1.91 bits per heavy atom. The predicted molar refractivity (Wildman–Crippen MR) is 151 cm³/mol. The molecule has 2 aromatic carbocycles. The van der Waals surface area contributed by atoms with E-state index in [1.54, 1.807) is 32.2 Å². The zero-order valence-electron chi connectivity index (χ0n) is 24.5. The number of aryl methyl sites for hydroxylation is 2. The van der Waals surface area contributed by atoms with E-state index in [9.17, 15) is 36.2 Å². The second kappa shape index (κ2) is 12.8. The summed E-state index contributed by atoms with van der Waals surface area (Å²) >= 11 is 0. The predicted octanol–water partition coefficient (Wildman–Crippen LogP) is 7.78. The van der Waals surface area contributed by atoms with Crippen molar-refractivity contribution in [2.24, 2.45) is 0 Å². The monoisotopic (exact) mass is 605 g/mol. The van der Waals surface area contributed by atoms with E-state index >= 15 is 0 Å². The zero-order chi connectivity index (χ0) is 32.2.